The van der Waals surface area contributed by atoms with Gasteiger partial charge in [-0.25, -0.2) is 4.98 Å². The second-order valence-corrected chi connectivity index (χ2v) is 6.94. The normalized spacial score (nSPS) is 19.9. The Morgan fingerprint density at radius 2 is 2.43 bits per heavy atom. The molecule has 3 rings (SSSR count). The van der Waals surface area contributed by atoms with Crippen molar-refractivity contribution in [3.63, 3.8) is 0 Å². The minimum Gasteiger partial charge on any atom is -0.310 e. The van der Waals surface area contributed by atoms with E-state index in [2.05, 4.69) is 34.0 Å². The molecular formula is C15H22N4OS. The Morgan fingerprint density at radius 1 is 1.57 bits per heavy atom. The fraction of sp³-hybridized carbons (Fsp3) is 0.600. The number of likely N-dealkylation sites (tertiary alicyclic amines) is 1. The monoisotopic (exact) mass is 306 g/mol. The van der Waals surface area contributed by atoms with E-state index in [9.17, 15) is 4.79 Å². The third-order valence-electron chi connectivity index (χ3n) is 4.14. The molecule has 114 valence electrons. The van der Waals surface area contributed by atoms with Gasteiger partial charge in [0.05, 0.1) is 12.1 Å². The van der Waals surface area contributed by atoms with Crippen molar-refractivity contribution in [2.24, 2.45) is 5.92 Å². The van der Waals surface area contributed by atoms with Crippen molar-refractivity contribution in [3.8, 4) is 0 Å². The molecule has 21 heavy (non-hydrogen) atoms. The molecule has 0 bridgehead atoms. The van der Waals surface area contributed by atoms with Crippen LogP contribution in [-0.2, 0) is 6.54 Å². The lowest BCUT2D eigenvalue weighted by molar-refractivity contribution is 0.264. The number of hydrogen-bond acceptors (Lipinski definition) is 5. The Labute approximate surface area is 128 Å². The molecule has 0 aromatic carbocycles. The summed E-state index contributed by atoms with van der Waals surface area (Å²) in [5.74, 6) is 1.42. The summed E-state index contributed by atoms with van der Waals surface area (Å²) in [6, 6.07) is 2.53. The van der Waals surface area contributed by atoms with Crippen molar-refractivity contribution in [1.29, 1.82) is 0 Å². The maximum Gasteiger partial charge on any atom is 0.268 e. The van der Waals surface area contributed by atoms with Gasteiger partial charge in [0.15, 0.2) is 0 Å². The fourth-order valence-electron chi connectivity index (χ4n) is 2.90. The molecule has 6 heteroatoms. The van der Waals surface area contributed by atoms with Crippen molar-refractivity contribution < 1.29 is 0 Å². The first kappa shape index (κ1) is 14.7. The first-order chi connectivity index (χ1) is 10.1. The third kappa shape index (κ3) is 3.33. The van der Waals surface area contributed by atoms with Crippen LogP contribution in [0.5, 0.6) is 0 Å². The molecule has 1 aliphatic rings. The van der Waals surface area contributed by atoms with E-state index in [0.717, 1.165) is 24.4 Å². The zero-order valence-electron chi connectivity index (χ0n) is 12.6. The van der Waals surface area contributed by atoms with E-state index in [1.165, 1.54) is 24.3 Å². The summed E-state index contributed by atoms with van der Waals surface area (Å²) < 4.78 is 0.710. The molecule has 0 radical (unpaired) electrons. The zero-order chi connectivity index (χ0) is 14.8. The summed E-state index contributed by atoms with van der Waals surface area (Å²) in [7, 11) is 0. The van der Waals surface area contributed by atoms with Crippen LogP contribution in [0.25, 0.3) is 10.2 Å². The summed E-state index contributed by atoms with van der Waals surface area (Å²) in [6.45, 7) is 8.47. The van der Waals surface area contributed by atoms with Crippen LogP contribution in [0.15, 0.2) is 16.2 Å². The summed E-state index contributed by atoms with van der Waals surface area (Å²) in [4.78, 5) is 21.7. The Morgan fingerprint density at radius 3 is 3.19 bits per heavy atom. The van der Waals surface area contributed by atoms with Gasteiger partial charge in [-0.1, -0.05) is 0 Å². The number of nitrogens with one attached hydrogen (secondary N) is 2. The second kappa shape index (κ2) is 6.25. The molecule has 2 aromatic rings. The standard InChI is InChI=1S/C15H22N4OS/c1-10(2)19-5-3-11(9-19)7-16-8-13-17-12-4-6-21-14(12)15(20)18-13/h4,6,10-11,16H,3,5,7-9H2,1-2H3,(H,17,18,20). The topological polar surface area (TPSA) is 61.0 Å². The van der Waals surface area contributed by atoms with Gasteiger partial charge in [0.1, 0.15) is 10.5 Å². The number of fused-ring (bicyclic) bond motifs is 1. The van der Waals surface area contributed by atoms with Gasteiger partial charge >= 0.3 is 0 Å². The first-order valence-electron chi connectivity index (χ1n) is 7.54. The van der Waals surface area contributed by atoms with Gasteiger partial charge in [-0.3, -0.25) is 4.79 Å². The Kier molecular flexibility index (Phi) is 4.37. The Hall–Kier alpha value is -1.24. The highest BCUT2D eigenvalue weighted by Crippen LogP contribution is 2.18. The molecule has 2 N–H and O–H groups in total. The van der Waals surface area contributed by atoms with E-state index in [1.54, 1.807) is 0 Å². The highest BCUT2D eigenvalue weighted by Gasteiger charge is 2.23. The molecule has 1 atom stereocenters. The minimum atomic E-state index is -0.0290. The van der Waals surface area contributed by atoms with Crippen LogP contribution in [0.1, 0.15) is 26.1 Å². The van der Waals surface area contributed by atoms with Crippen LogP contribution in [0.3, 0.4) is 0 Å². The van der Waals surface area contributed by atoms with Gasteiger partial charge in [0.25, 0.3) is 5.56 Å². The smallest absolute Gasteiger partial charge is 0.268 e. The summed E-state index contributed by atoms with van der Waals surface area (Å²) in [6.07, 6.45) is 1.25. The van der Waals surface area contributed by atoms with E-state index >= 15 is 0 Å². The van der Waals surface area contributed by atoms with Crippen LogP contribution in [-0.4, -0.2) is 40.5 Å². The third-order valence-corrected chi connectivity index (χ3v) is 5.04. The molecule has 0 spiro atoms. The first-order valence-corrected chi connectivity index (χ1v) is 8.42. The minimum absolute atomic E-state index is 0.0290. The summed E-state index contributed by atoms with van der Waals surface area (Å²) in [5, 5.41) is 5.34. The fourth-order valence-corrected chi connectivity index (χ4v) is 3.62. The largest absolute Gasteiger partial charge is 0.310 e. The van der Waals surface area contributed by atoms with E-state index in [4.69, 9.17) is 0 Å². The maximum atomic E-state index is 11.9. The molecule has 0 saturated carbocycles. The lowest BCUT2D eigenvalue weighted by Gasteiger charge is -2.20. The molecule has 1 unspecified atom stereocenters. The number of H-pyrrole nitrogens is 1. The number of aromatic nitrogens is 2. The second-order valence-electron chi connectivity index (χ2n) is 6.02. The number of aromatic amines is 1. The molecule has 3 heterocycles. The Balaban J connectivity index is 1.54. The van der Waals surface area contributed by atoms with Gasteiger partial charge in [-0.15, -0.1) is 11.3 Å². The SMILES string of the molecule is CC(C)N1CCC(CNCc2nc3ccsc3c(=O)[nH]2)C1. The van der Waals surface area contributed by atoms with Crippen LogP contribution in [0.4, 0.5) is 0 Å². The average molecular weight is 306 g/mol. The van der Waals surface area contributed by atoms with Gasteiger partial charge in [0, 0.05) is 12.6 Å². The molecular weight excluding hydrogens is 284 g/mol. The molecule has 1 fully saturated rings. The zero-order valence-corrected chi connectivity index (χ0v) is 13.4. The van der Waals surface area contributed by atoms with Crippen LogP contribution >= 0.6 is 11.3 Å². The average Bonchev–Trinajstić information content (AvgIpc) is 3.07. The lowest BCUT2D eigenvalue weighted by atomic mass is 10.1. The quantitative estimate of drug-likeness (QED) is 0.884. The summed E-state index contributed by atoms with van der Waals surface area (Å²) >= 11 is 1.44. The van der Waals surface area contributed by atoms with Crippen molar-refractivity contribution >= 4 is 21.6 Å². The number of thiophene rings is 1. The predicted molar refractivity (Wildman–Crippen MR) is 86.8 cm³/mol. The van der Waals surface area contributed by atoms with Crippen molar-refractivity contribution in [2.45, 2.75) is 32.9 Å². The highest BCUT2D eigenvalue weighted by atomic mass is 32.1. The Bertz CT molecular complexity index is 663. The van der Waals surface area contributed by atoms with Crippen LogP contribution in [0.2, 0.25) is 0 Å². The molecule has 0 aliphatic carbocycles. The van der Waals surface area contributed by atoms with Gasteiger partial charge in [0.2, 0.25) is 0 Å². The van der Waals surface area contributed by atoms with Crippen LogP contribution in [0, 0.1) is 5.92 Å². The van der Waals surface area contributed by atoms with Crippen molar-refractivity contribution in [2.75, 3.05) is 19.6 Å². The number of nitrogens with zero attached hydrogens (tertiary/aromatic N) is 2. The van der Waals surface area contributed by atoms with E-state index in [-0.39, 0.29) is 5.56 Å². The number of hydrogen-bond donors (Lipinski definition) is 2. The lowest BCUT2D eigenvalue weighted by Crippen LogP contribution is -2.31. The maximum absolute atomic E-state index is 11.9. The highest BCUT2D eigenvalue weighted by molar-refractivity contribution is 7.17. The van der Waals surface area contributed by atoms with Crippen molar-refractivity contribution in [1.82, 2.24) is 20.2 Å². The van der Waals surface area contributed by atoms with Crippen LogP contribution < -0.4 is 10.9 Å². The van der Waals surface area contributed by atoms with E-state index < -0.39 is 0 Å². The van der Waals surface area contributed by atoms with E-state index in [0.29, 0.717) is 23.2 Å². The van der Waals surface area contributed by atoms with Gasteiger partial charge in [-0.2, -0.15) is 0 Å². The predicted octanol–water partition coefficient (Wildman–Crippen LogP) is 1.80. The van der Waals surface area contributed by atoms with Gasteiger partial charge in [-0.05, 0) is 50.7 Å². The van der Waals surface area contributed by atoms with Crippen molar-refractivity contribution in [3.05, 3.63) is 27.6 Å². The molecule has 0 amide bonds. The molecule has 1 aliphatic heterocycles. The molecule has 1 saturated heterocycles. The number of rotatable bonds is 5. The summed E-state index contributed by atoms with van der Waals surface area (Å²) in [5.41, 5.74) is 0.769. The molecule has 2 aromatic heterocycles. The molecule has 5 nitrogen and oxygen atoms in total. The van der Waals surface area contributed by atoms with E-state index in [1.807, 2.05) is 11.4 Å². The van der Waals surface area contributed by atoms with Gasteiger partial charge < -0.3 is 15.2 Å².